The topological polar surface area (TPSA) is 71.0 Å². The fraction of sp³-hybridized carbons (Fsp3) is 0.333. The molecule has 1 aliphatic rings. The number of amides is 1. The number of piperidine rings is 1. The number of nitrogens with one attached hydrogen (secondary N) is 1. The largest absolute Gasteiger partial charge is 0.417 e. The van der Waals surface area contributed by atoms with Crippen molar-refractivity contribution in [1.82, 2.24) is 15.2 Å². The van der Waals surface area contributed by atoms with Crippen molar-refractivity contribution in [3.8, 4) is 0 Å². The predicted octanol–water partition coefficient (Wildman–Crippen LogP) is 5.10. The molecule has 0 bridgehead atoms. The van der Waals surface area contributed by atoms with Crippen LogP contribution in [0.3, 0.4) is 0 Å². The van der Waals surface area contributed by atoms with Gasteiger partial charge in [0, 0.05) is 31.0 Å². The van der Waals surface area contributed by atoms with Crippen LogP contribution in [0.4, 0.5) is 24.1 Å². The molecule has 0 spiro atoms. The molecule has 1 aliphatic heterocycles. The van der Waals surface area contributed by atoms with E-state index in [1.165, 1.54) is 23.0 Å². The van der Waals surface area contributed by atoms with Gasteiger partial charge in [-0.25, -0.2) is 4.98 Å². The van der Waals surface area contributed by atoms with Gasteiger partial charge in [-0.05, 0) is 30.5 Å². The van der Waals surface area contributed by atoms with Crippen LogP contribution in [0.2, 0.25) is 0 Å². The lowest BCUT2D eigenvalue weighted by Gasteiger charge is -2.32. The summed E-state index contributed by atoms with van der Waals surface area (Å²) in [4.78, 5) is 18.4. The van der Waals surface area contributed by atoms with E-state index in [0.29, 0.717) is 36.9 Å². The van der Waals surface area contributed by atoms with Crippen LogP contribution >= 0.6 is 23.1 Å². The van der Waals surface area contributed by atoms with Crippen molar-refractivity contribution in [2.45, 2.75) is 29.1 Å². The van der Waals surface area contributed by atoms with Gasteiger partial charge >= 0.3 is 6.18 Å². The third kappa shape index (κ3) is 5.77. The van der Waals surface area contributed by atoms with Crippen LogP contribution in [0.15, 0.2) is 53.0 Å². The predicted molar refractivity (Wildman–Crippen MR) is 119 cm³/mol. The summed E-state index contributed by atoms with van der Waals surface area (Å²) in [6, 6.07) is 12.4. The number of hydrogen-bond acceptors (Lipinski definition) is 7. The van der Waals surface area contributed by atoms with E-state index in [0.717, 1.165) is 22.4 Å². The Hall–Kier alpha value is -2.66. The first-order valence-corrected chi connectivity index (χ1v) is 11.8. The SMILES string of the molecule is O=C(Nc1nnc(SCc2ccccc2)s1)C1CCN(c2ccc(C(F)(F)F)cn2)CC1. The Balaban J connectivity index is 1.25. The van der Waals surface area contributed by atoms with E-state index in [2.05, 4.69) is 20.5 Å². The molecule has 168 valence electrons. The van der Waals surface area contributed by atoms with Crippen LogP contribution in [0.1, 0.15) is 24.0 Å². The van der Waals surface area contributed by atoms with Crippen molar-refractivity contribution < 1.29 is 18.0 Å². The van der Waals surface area contributed by atoms with Crippen molar-refractivity contribution in [1.29, 1.82) is 0 Å². The van der Waals surface area contributed by atoms with Gasteiger partial charge in [-0.2, -0.15) is 13.2 Å². The maximum Gasteiger partial charge on any atom is 0.417 e. The number of pyridine rings is 1. The fourth-order valence-corrected chi connectivity index (χ4v) is 5.07. The average molecular weight is 480 g/mol. The second kappa shape index (κ2) is 9.86. The number of rotatable bonds is 6. The number of carbonyl (C=O) groups is 1. The van der Waals surface area contributed by atoms with Crippen molar-refractivity contribution in [3.05, 3.63) is 59.8 Å². The summed E-state index contributed by atoms with van der Waals surface area (Å²) in [6.07, 6.45) is -2.38. The van der Waals surface area contributed by atoms with Crippen molar-refractivity contribution in [2.24, 2.45) is 5.92 Å². The van der Waals surface area contributed by atoms with Gasteiger partial charge in [0.2, 0.25) is 11.0 Å². The van der Waals surface area contributed by atoms with Crippen LogP contribution in [0.5, 0.6) is 0 Å². The zero-order chi connectivity index (χ0) is 22.6. The Morgan fingerprint density at radius 1 is 1.12 bits per heavy atom. The van der Waals surface area contributed by atoms with E-state index in [9.17, 15) is 18.0 Å². The number of thioether (sulfide) groups is 1. The van der Waals surface area contributed by atoms with Gasteiger partial charge in [-0.15, -0.1) is 10.2 Å². The average Bonchev–Trinajstić information content (AvgIpc) is 3.25. The summed E-state index contributed by atoms with van der Waals surface area (Å²) >= 11 is 2.91. The molecule has 1 N–H and O–H groups in total. The highest BCUT2D eigenvalue weighted by Gasteiger charge is 2.31. The monoisotopic (exact) mass is 479 g/mol. The van der Waals surface area contributed by atoms with Gasteiger partial charge in [-0.3, -0.25) is 4.79 Å². The molecule has 1 aromatic carbocycles. The smallest absolute Gasteiger partial charge is 0.357 e. The van der Waals surface area contributed by atoms with E-state index in [1.54, 1.807) is 11.8 Å². The highest BCUT2D eigenvalue weighted by Crippen LogP contribution is 2.31. The first kappa shape index (κ1) is 22.5. The van der Waals surface area contributed by atoms with Crippen molar-refractivity contribution in [3.63, 3.8) is 0 Å². The number of benzene rings is 1. The van der Waals surface area contributed by atoms with E-state index < -0.39 is 11.7 Å². The molecule has 0 atom stereocenters. The Morgan fingerprint density at radius 2 is 1.88 bits per heavy atom. The highest BCUT2D eigenvalue weighted by atomic mass is 32.2. The lowest BCUT2D eigenvalue weighted by molar-refractivity contribution is -0.137. The third-order valence-corrected chi connectivity index (χ3v) is 7.15. The van der Waals surface area contributed by atoms with Crippen LogP contribution in [-0.2, 0) is 16.7 Å². The Kier molecular flexibility index (Phi) is 6.95. The normalized spacial score (nSPS) is 15.0. The van der Waals surface area contributed by atoms with Crippen LogP contribution in [0.25, 0.3) is 0 Å². The van der Waals surface area contributed by atoms with E-state index in [-0.39, 0.29) is 11.8 Å². The molecule has 1 fully saturated rings. The minimum absolute atomic E-state index is 0.110. The molecule has 0 aliphatic carbocycles. The molecule has 32 heavy (non-hydrogen) atoms. The summed E-state index contributed by atoms with van der Waals surface area (Å²) in [5.41, 5.74) is 0.418. The molecule has 0 radical (unpaired) electrons. The lowest BCUT2D eigenvalue weighted by atomic mass is 9.96. The quantitative estimate of drug-likeness (QED) is 0.392. The zero-order valence-corrected chi connectivity index (χ0v) is 18.5. The minimum Gasteiger partial charge on any atom is -0.357 e. The summed E-state index contributed by atoms with van der Waals surface area (Å²) in [5.74, 6) is 0.965. The number of halogens is 3. The summed E-state index contributed by atoms with van der Waals surface area (Å²) in [6.45, 7) is 1.09. The summed E-state index contributed by atoms with van der Waals surface area (Å²) < 4.78 is 38.9. The highest BCUT2D eigenvalue weighted by molar-refractivity contribution is 8.00. The Morgan fingerprint density at radius 3 is 2.53 bits per heavy atom. The number of nitrogens with zero attached hydrogens (tertiary/aromatic N) is 4. The number of carbonyl (C=O) groups excluding carboxylic acids is 1. The fourth-order valence-electron chi connectivity index (χ4n) is 3.36. The van der Waals surface area contributed by atoms with Gasteiger partial charge in [0.25, 0.3) is 0 Å². The molecule has 6 nitrogen and oxygen atoms in total. The summed E-state index contributed by atoms with van der Waals surface area (Å²) in [7, 11) is 0. The van der Waals surface area contributed by atoms with Gasteiger partial charge in [0.1, 0.15) is 5.82 Å². The number of hydrogen-bond donors (Lipinski definition) is 1. The molecule has 2 aromatic heterocycles. The molecule has 1 saturated heterocycles. The van der Waals surface area contributed by atoms with Crippen molar-refractivity contribution in [2.75, 3.05) is 23.3 Å². The molecule has 3 aromatic rings. The standard InChI is InChI=1S/C21H20F3N5OS2/c22-21(23,24)16-6-7-17(25-12-16)29-10-8-15(9-11-29)18(30)26-19-27-28-20(32-19)31-13-14-4-2-1-3-5-14/h1-7,12,15H,8-11,13H2,(H,26,27,30). The Bertz CT molecular complexity index is 1040. The van der Waals surface area contributed by atoms with Gasteiger partial charge in [0.05, 0.1) is 5.56 Å². The van der Waals surface area contributed by atoms with Gasteiger partial charge in [0.15, 0.2) is 4.34 Å². The second-order valence-corrected chi connectivity index (χ2v) is 9.50. The van der Waals surface area contributed by atoms with Gasteiger partial charge < -0.3 is 10.2 Å². The molecule has 0 unspecified atom stereocenters. The zero-order valence-electron chi connectivity index (χ0n) is 16.9. The van der Waals surface area contributed by atoms with Crippen LogP contribution < -0.4 is 10.2 Å². The van der Waals surface area contributed by atoms with Crippen LogP contribution in [-0.4, -0.2) is 34.2 Å². The van der Waals surface area contributed by atoms with Gasteiger partial charge in [-0.1, -0.05) is 53.4 Å². The van der Waals surface area contributed by atoms with E-state index >= 15 is 0 Å². The van der Waals surface area contributed by atoms with Crippen LogP contribution in [0, 0.1) is 5.92 Å². The molecule has 1 amide bonds. The first-order chi connectivity index (χ1) is 15.4. The molecule has 11 heteroatoms. The van der Waals surface area contributed by atoms with E-state index in [4.69, 9.17) is 0 Å². The molecular formula is C21H20F3N5OS2. The lowest BCUT2D eigenvalue weighted by Crippen LogP contribution is -2.38. The maximum atomic E-state index is 12.7. The Labute approximate surface area is 191 Å². The van der Waals surface area contributed by atoms with Crippen molar-refractivity contribution >= 4 is 40.0 Å². The summed E-state index contributed by atoms with van der Waals surface area (Å²) in [5, 5.41) is 11.5. The molecule has 3 heterocycles. The maximum absolute atomic E-state index is 12.7. The molecule has 4 rings (SSSR count). The van der Waals surface area contributed by atoms with E-state index in [1.807, 2.05) is 35.2 Å². The number of aromatic nitrogens is 3. The molecular weight excluding hydrogens is 459 g/mol. The third-order valence-electron chi connectivity index (χ3n) is 5.11. The minimum atomic E-state index is -4.40. The molecule has 0 saturated carbocycles. The number of alkyl halides is 3. The second-order valence-electron chi connectivity index (χ2n) is 7.30. The first-order valence-electron chi connectivity index (χ1n) is 9.98. The number of anilines is 2.